The number of hydrogen-bond donors (Lipinski definition) is 2. The number of carbonyl (C=O) groups excluding carboxylic acids is 1. The minimum Gasteiger partial charge on any atom is -0.392 e. The van der Waals surface area contributed by atoms with E-state index in [1.54, 1.807) is 0 Å². The molecule has 1 aliphatic rings. The third-order valence-electron chi connectivity index (χ3n) is 5.36. The summed E-state index contributed by atoms with van der Waals surface area (Å²) in [5.74, 6) is 0.843. The average molecular weight is 289 g/mol. The number of hydrogen-bond acceptors (Lipinski definition) is 2. The van der Waals surface area contributed by atoms with Crippen LogP contribution in [0.4, 0.5) is 0 Å². The van der Waals surface area contributed by atoms with E-state index in [2.05, 4.69) is 20.8 Å². The average Bonchev–Trinajstić information content (AvgIpc) is 2.46. The fraction of sp³-hybridized carbons (Fsp3) is 0.611. The number of primary amides is 1. The van der Waals surface area contributed by atoms with Gasteiger partial charge < -0.3 is 10.8 Å². The van der Waals surface area contributed by atoms with Gasteiger partial charge >= 0.3 is 0 Å². The molecule has 0 aliphatic heterocycles. The number of aliphatic hydroxyl groups excluding tert-OH is 1. The van der Waals surface area contributed by atoms with Crippen LogP contribution >= 0.6 is 0 Å². The van der Waals surface area contributed by atoms with Crippen LogP contribution in [0.3, 0.4) is 0 Å². The van der Waals surface area contributed by atoms with Gasteiger partial charge in [0.1, 0.15) is 0 Å². The minimum atomic E-state index is -0.451. The molecule has 1 saturated carbocycles. The molecule has 1 aliphatic carbocycles. The Morgan fingerprint density at radius 3 is 2.48 bits per heavy atom. The Bertz CT molecular complexity index is 494. The number of nitrogens with two attached hydrogens (primary N) is 1. The Morgan fingerprint density at radius 2 is 2.00 bits per heavy atom. The molecule has 3 atom stereocenters. The Hall–Kier alpha value is -1.35. The fourth-order valence-corrected chi connectivity index (χ4v) is 3.95. The quantitative estimate of drug-likeness (QED) is 0.894. The molecule has 0 radical (unpaired) electrons. The molecule has 0 heterocycles. The van der Waals surface area contributed by atoms with Crippen molar-refractivity contribution in [2.75, 3.05) is 0 Å². The van der Waals surface area contributed by atoms with Gasteiger partial charge in [0.05, 0.1) is 12.0 Å². The normalized spacial score (nSPS) is 29.6. The predicted octanol–water partition coefficient (Wildman–Crippen LogP) is 3.21. The molecule has 0 bridgehead atoms. The molecule has 116 valence electrons. The van der Waals surface area contributed by atoms with Gasteiger partial charge in [-0.3, -0.25) is 4.79 Å². The molecule has 3 unspecified atom stereocenters. The topological polar surface area (TPSA) is 63.3 Å². The first kappa shape index (κ1) is 16.0. The van der Waals surface area contributed by atoms with E-state index in [0.29, 0.717) is 5.92 Å². The molecule has 3 nitrogen and oxygen atoms in total. The zero-order valence-electron chi connectivity index (χ0n) is 13.3. The molecule has 3 N–H and O–H groups in total. The summed E-state index contributed by atoms with van der Waals surface area (Å²) in [6.45, 7) is 6.51. The molecule has 0 aromatic heterocycles. The van der Waals surface area contributed by atoms with Crippen LogP contribution in [0.5, 0.6) is 0 Å². The van der Waals surface area contributed by atoms with Crippen molar-refractivity contribution < 1.29 is 9.90 Å². The van der Waals surface area contributed by atoms with E-state index in [1.807, 2.05) is 24.3 Å². The van der Waals surface area contributed by atoms with E-state index < -0.39 is 5.41 Å². The Labute approximate surface area is 127 Å². The van der Waals surface area contributed by atoms with Gasteiger partial charge in [0.15, 0.2) is 0 Å². The molecule has 2 rings (SSSR count). The number of rotatable bonds is 4. The van der Waals surface area contributed by atoms with Crippen LogP contribution in [-0.2, 0) is 11.4 Å². The lowest BCUT2D eigenvalue weighted by atomic mass is 9.56. The van der Waals surface area contributed by atoms with Crippen LogP contribution < -0.4 is 5.73 Å². The van der Waals surface area contributed by atoms with Crippen LogP contribution in [0, 0.1) is 17.3 Å². The van der Waals surface area contributed by atoms with Crippen molar-refractivity contribution >= 4 is 5.91 Å². The Morgan fingerprint density at radius 1 is 1.38 bits per heavy atom. The Balaban J connectivity index is 2.44. The first-order valence-corrected chi connectivity index (χ1v) is 7.91. The summed E-state index contributed by atoms with van der Waals surface area (Å²) in [6.07, 6.45) is 2.93. The van der Waals surface area contributed by atoms with E-state index in [-0.39, 0.29) is 24.3 Å². The molecule has 1 amide bonds. The van der Waals surface area contributed by atoms with Crippen molar-refractivity contribution in [3.05, 3.63) is 35.4 Å². The number of benzene rings is 1. The van der Waals surface area contributed by atoms with Gasteiger partial charge in [0.25, 0.3) is 0 Å². The lowest BCUT2D eigenvalue weighted by molar-refractivity contribution is -0.134. The first-order chi connectivity index (χ1) is 9.91. The molecule has 0 saturated heterocycles. The maximum Gasteiger partial charge on any atom is 0.224 e. The highest BCUT2D eigenvalue weighted by Crippen LogP contribution is 2.53. The van der Waals surface area contributed by atoms with Crippen molar-refractivity contribution in [1.29, 1.82) is 0 Å². The number of amides is 1. The maximum absolute atomic E-state index is 12.3. The molecule has 1 aromatic carbocycles. The lowest BCUT2D eigenvalue weighted by Crippen LogP contribution is -2.49. The second kappa shape index (κ2) is 6.18. The monoisotopic (exact) mass is 289 g/mol. The first-order valence-electron chi connectivity index (χ1n) is 7.91. The molecule has 3 heteroatoms. The summed E-state index contributed by atoms with van der Waals surface area (Å²) < 4.78 is 0. The highest BCUT2D eigenvalue weighted by molar-refractivity contribution is 5.82. The summed E-state index contributed by atoms with van der Waals surface area (Å²) >= 11 is 0. The predicted molar refractivity (Wildman–Crippen MR) is 84.6 cm³/mol. The summed E-state index contributed by atoms with van der Waals surface area (Å²) in [5.41, 5.74) is 7.47. The Kier molecular flexibility index (Phi) is 4.72. The standard InChI is InChI=1S/C18H27NO2/c1-12(2)18(17(19)21)9-8-13(3)10-16(18)15-6-4-14(11-20)5-7-15/h4-7,12-13,16,20H,8-11H2,1-3H3,(H2,19,21). The second-order valence-electron chi connectivity index (χ2n) is 6.89. The van der Waals surface area contributed by atoms with Gasteiger partial charge in [-0.1, -0.05) is 45.0 Å². The van der Waals surface area contributed by atoms with E-state index in [0.717, 1.165) is 24.8 Å². The van der Waals surface area contributed by atoms with E-state index in [9.17, 15) is 9.90 Å². The summed E-state index contributed by atoms with van der Waals surface area (Å²) in [6, 6.07) is 7.99. The van der Waals surface area contributed by atoms with Crippen LogP contribution in [0.15, 0.2) is 24.3 Å². The number of aliphatic hydroxyl groups is 1. The smallest absolute Gasteiger partial charge is 0.224 e. The molecule has 1 aromatic rings. The van der Waals surface area contributed by atoms with Crippen molar-refractivity contribution in [3.63, 3.8) is 0 Å². The van der Waals surface area contributed by atoms with Crippen LogP contribution in [0.2, 0.25) is 0 Å². The van der Waals surface area contributed by atoms with E-state index in [1.165, 1.54) is 5.56 Å². The van der Waals surface area contributed by atoms with E-state index in [4.69, 9.17) is 5.73 Å². The van der Waals surface area contributed by atoms with Gasteiger partial charge in [0.2, 0.25) is 5.91 Å². The van der Waals surface area contributed by atoms with Crippen molar-refractivity contribution in [2.45, 2.75) is 52.6 Å². The zero-order chi connectivity index (χ0) is 15.6. The molecule has 0 spiro atoms. The third-order valence-corrected chi connectivity index (χ3v) is 5.36. The second-order valence-corrected chi connectivity index (χ2v) is 6.89. The fourth-order valence-electron chi connectivity index (χ4n) is 3.95. The summed E-state index contributed by atoms with van der Waals surface area (Å²) in [4.78, 5) is 12.3. The van der Waals surface area contributed by atoms with Gasteiger partial charge in [-0.05, 0) is 48.1 Å². The minimum absolute atomic E-state index is 0.0481. The van der Waals surface area contributed by atoms with Gasteiger partial charge in [-0.2, -0.15) is 0 Å². The highest BCUT2D eigenvalue weighted by atomic mass is 16.3. The SMILES string of the molecule is CC1CCC(C(N)=O)(C(C)C)C(c2ccc(CO)cc2)C1. The molecule has 21 heavy (non-hydrogen) atoms. The third kappa shape index (κ3) is 2.84. The number of carbonyl (C=O) groups is 1. The maximum atomic E-state index is 12.3. The molecular weight excluding hydrogens is 262 g/mol. The van der Waals surface area contributed by atoms with Crippen LogP contribution in [0.25, 0.3) is 0 Å². The molecule has 1 fully saturated rings. The van der Waals surface area contributed by atoms with Crippen molar-refractivity contribution in [1.82, 2.24) is 0 Å². The molecular formula is C18H27NO2. The van der Waals surface area contributed by atoms with Crippen molar-refractivity contribution in [3.8, 4) is 0 Å². The van der Waals surface area contributed by atoms with Crippen LogP contribution in [0.1, 0.15) is 57.1 Å². The zero-order valence-corrected chi connectivity index (χ0v) is 13.3. The van der Waals surface area contributed by atoms with Gasteiger partial charge in [-0.15, -0.1) is 0 Å². The summed E-state index contributed by atoms with van der Waals surface area (Å²) in [5, 5.41) is 9.19. The van der Waals surface area contributed by atoms with Gasteiger partial charge in [0, 0.05) is 0 Å². The largest absolute Gasteiger partial charge is 0.392 e. The van der Waals surface area contributed by atoms with Crippen molar-refractivity contribution in [2.24, 2.45) is 23.0 Å². The summed E-state index contributed by atoms with van der Waals surface area (Å²) in [7, 11) is 0. The highest BCUT2D eigenvalue weighted by Gasteiger charge is 2.49. The van der Waals surface area contributed by atoms with E-state index >= 15 is 0 Å². The van der Waals surface area contributed by atoms with Crippen LogP contribution in [-0.4, -0.2) is 11.0 Å². The van der Waals surface area contributed by atoms with Gasteiger partial charge in [-0.25, -0.2) is 0 Å². The lowest BCUT2D eigenvalue weighted by Gasteiger charge is -2.47.